The van der Waals surface area contributed by atoms with E-state index in [0.29, 0.717) is 24.5 Å². The van der Waals surface area contributed by atoms with E-state index in [9.17, 15) is 9.59 Å². The molecule has 0 radical (unpaired) electrons. The Morgan fingerprint density at radius 2 is 1.87 bits per heavy atom. The van der Waals surface area contributed by atoms with Crippen molar-refractivity contribution in [2.24, 2.45) is 0 Å². The Kier molecular flexibility index (Phi) is 5.60. The van der Waals surface area contributed by atoms with Crippen LogP contribution in [0.25, 0.3) is 0 Å². The van der Waals surface area contributed by atoms with Crippen LogP contribution in [0, 0.1) is 0 Å². The van der Waals surface area contributed by atoms with E-state index in [-0.39, 0.29) is 5.02 Å². The zero-order chi connectivity index (χ0) is 16.8. The number of hydrogen-bond donors (Lipinski definition) is 2. The first-order chi connectivity index (χ1) is 11.0. The molecule has 120 valence electrons. The van der Waals surface area contributed by atoms with Crippen LogP contribution in [0.5, 0.6) is 0 Å². The highest BCUT2D eigenvalue weighted by molar-refractivity contribution is 6.41. The lowest BCUT2D eigenvalue weighted by Crippen LogP contribution is -2.39. The fraction of sp³-hybridized carbons (Fsp3) is 0.176. The van der Waals surface area contributed by atoms with Crippen molar-refractivity contribution in [1.29, 1.82) is 0 Å². The molecule has 5 nitrogen and oxygen atoms in total. The van der Waals surface area contributed by atoms with Gasteiger partial charge in [0.15, 0.2) is 0 Å². The van der Waals surface area contributed by atoms with Crippen molar-refractivity contribution in [2.75, 3.05) is 17.6 Å². The molecule has 0 aliphatic rings. The maximum Gasteiger partial charge on any atom is 0.313 e. The van der Waals surface area contributed by atoms with Crippen molar-refractivity contribution in [1.82, 2.24) is 4.90 Å². The molecule has 23 heavy (non-hydrogen) atoms. The largest absolute Gasteiger partial charge is 0.399 e. The van der Waals surface area contributed by atoms with Crippen LogP contribution in [0.2, 0.25) is 5.02 Å². The summed E-state index contributed by atoms with van der Waals surface area (Å²) in [6.07, 6.45) is 0. The fourth-order valence-corrected chi connectivity index (χ4v) is 2.32. The Labute approximate surface area is 140 Å². The molecule has 0 spiro atoms. The maximum atomic E-state index is 12.3. The summed E-state index contributed by atoms with van der Waals surface area (Å²) in [6.45, 7) is 2.62. The van der Waals surface area contributed by atoms with E-state index in [0.717, 1.165) is 5.56 Å². The summed E-state index contributed by atoms with van der Waals surface area (Å²) in [6, 6.07) is 14.2. The third kappa shape index (κ3) is 4.47. The van der Waals surface area contributed by atoms with E-state index >= 15 is 0 Å². The number of benzene rings is 2. The number of nitrogens with zero attached hydrogens (tertiary/aromatic N) is 1. The van der Waals surface area contributed by atoms with Gasteiger partial charge >= 0.3 is 11.8 Å². The third-order valence-electron chi connectivity index (χ3n) is 3.32. The number of hydrogen-bond acceptors (Lipinski definition) is 3. The van der Waals surface area contributed by atoms with Gasteiger partial charge in [-0.15, -0.1) is 0 Å². The summed E-state index contributed by atoms with van der Waals surface area (Å²) in [7, 11) is 0. The average Bonchev–Trinajstić information content (AvgIpc) is 2.55. The van der Waals surface area contributed by atoms with Crippen LogP contribution in [-0.2, 0) is 16.1 Å². The number of carbonyl (C=O) groups excluding carboxylic acids is 2. The zero-order valence-electron chi connectivity index (χ0n) is 12.8. The van der Waals surface area contributed by atoms with Gasteiger partial charge in [-0.25, -0.2) is 0 Å². The number of nitrogen functional groups attached to an aromatic ring is 1. The van der Waals surface area contributed by atoms with Crippen LogP contribution in [0.1, 0.15) is 12.5 Å². The van der Waals surface area contributed by atoms with Gasteiger partial charge < -0.3 is 16.0 Å². The Morgan fingerprint density at radius 1 is 1.17 bits per heavy atom. The van der Waals surface area contributed by atoms with Gasteiger partial charge in [0.25, 0.3) is 0 Å². The van der Waals surface area contributed by atoms with Gasteiger partial charge in [0.05, 0.1) is 10.7 Å². The molecule has 0 bridgehead atoms. The lowest BCUT2D eigenvalue weighted by molar-refractivity contribution is -0.143. The molecule has 2 rings (SSSR count). The highest BCUT2D eigenvalue weighted by atomic mass is 35.5. The maximum absolute atomic E-state index is 12.3. The van der Waals surface area contributed by atoms with Crippen LogP contribution in [0.4, 0.5) is 11.4 Å². The minimum atomic E-state index is -0.727. The molecule has 0 aliphatic carbocycles. The zero-order valence-corrected chi connectivity index (χ0v) is 13.5. The summed E-state index contributed by atoms with van der Waals surface area (Å²) in [4.78, 5) is 25.9. The predicted molar refractivity (Wildman–Crippen MR) is 92.0 cm³/mol. The van der Waals surface area contributed by atoms with E-state index in [4.69, 9.17) is 17.3 Å². The van der Waals surface area contributed by atoms with Crippen LogP contribution >= 0.6 is 11.6 Å². The third-order valence-corrected chi connectivity index (χ3v) is 3.63. The van der Waals surface area contributed by atoms with E-state index < -0.39 is 11.8 Å². The molecule has 2 aromatic carbocycles. The highest BCUT2D eigenvalue weighted by Gasteiger charge is 2.21. The van der Waals surface area contributed by atoms with E-state index in [1.165, 1.54) is 11.0 Å². The first-order valence-electron chi connectivity index (χ1n) is 7.20. The lowest BCUT2D eigenvalue weighted by atomic mass is 10.2. The number of nitrogens with two attached hydrogens (primary N) is 1. The predicted octanol–water partition coefficient (Wildman–Crippen LogP) is 2.91. The lowest BCUT2D eigenvalue weighted by Gasteiger charge is -2.20. The van der Waals surface area contributed by atoms with Crippen molar-refractivity contribution in [3.8, 4) is 0 Å². The van der Waals surface area contributed by atoms with Gasteiger partial charge in [-0.1, -0.05) is 41.9 Å². The smallest absolute Gasteiger partial charge is 0.313 e. The van der Waals surface area contributed by atoms with Crippen LogP contribution < -0.4 is 11.1 Å². The SMILES string of the molecule is CCN(Cc1ccccc1)C(=O)C(=O)Nc1ccc(N)cc1Cl. The highest BCUT2D eigenvalue weighted by Crippen LogP contribution is 2.24. The van der Waals surface area contributed by atoms with Crippen LogP contribution in [0.3, 0.4) is 0 Å². The monoisotopic (exact) mass is 331 g/mol. The molecule has 2 aromatic rings. The molecular formula is C17H18ClN3O2. The second kappa shape index (κ2) is 7.65. The average molecular weight is 332 g/mol. The Balaban J connectivity index is 2.06. The number of rotatable bonds is 4. The first-order valence-corrected chi connectivity index (χ1v) is 7.58. The molecule has 0 aliphatic heterocycles. The van der Waals surface area contributed by atoms with E-state index in [1.807, 2.05) is 37.3 Å². The molecule has 0 atom stereocenters. The van der Waals surface area contributed by atoms with Crippen molar-refractivity contribution in [3.05, 3.63) is 59.1 Å². The molecule has 2 amide bonds. The van der Waals surface area contributed by atoms with Gasteiger partial charge in [0, 0.05) is 18.8 Å². The molecule has 0 unspecified atom stereocenters. The van der Waals surface area contributed by atoms with Gasteiger partial charge in [0.1, 0.15) is 0 Å². The molecule has 6 heteroatoms. The standard InChI is InChI=1S/C17H18ClN3O2/c1-2-21(11-12-6-4-3-5-7-12)17(23)16(22)20-15-9-8-13(19)10-14(15)18/h3-10H,2,11,19H2,1H3,(H,20,22). The Bertz CT molecular complexity index is 704. The van der Waals surface area contributed by atoms with Crippen molar-refractivity contribution < 1.29 is 9.59 Å². The molecular weight excluding hydrogens is 314 g/mol. The fourth-order valence-electron chi connectivity index (χ4n) is 2.08. The van der Waals surface area contributed by atoms with Gasteiger partial charge in [-0.2, -0.15) is 0 Å². The first kappa shape index (κ1) is 16.8. The Hall–Kier alpha value is -2.53. The number of amides is 2. The topological polar surface area (TPSA) is 75.4 Å². The minimum Gasteiger partial charge on any atom is -0.399 e. The van der Waals surface area contributed by atoms with Crippen molar-refractivity contribution in [3.63, 3.8) is 0 Å². The van der Waals surface area contributed by atoms with Crippen molar-refractivity contribution in [2.45, 2.75) is 13.5 Å². The molecule has 0 heterocycles. The Morgan fingerprint density at radius 3 is 2.48 bits per heavy atom. The number of halogens is 1. The van der Waals surface area contributed by atoms with Crippen molar-refractivity contribution >= 4 is 34.8 Å². The summed E-state index contributed by atoms with van der Waals surface area (Å²) in [5.41, 5.74) is 7.40. The molecule has 0 saturated heterocycles. The molecule has 0 saturated carbocycles. The molecule has 0 fully saturated rings. The van der Waals surface area contributed by atoms with E-state index in [1.54, 1.807) is 12.1 Å². The van der Waals surface area contributed by atoms with Gasteiger partial charge in [-0.05, 0) is 30.7 Å². The van der Waals surface area contributed by atoms with E-state index in [2.05, 4.69) is 5.32 Å². The summed E-state index contributed by atoms with van der Waals surface area (Å²) >= 11 is 6.00. The minimum absolute atomic E-state index is 0.289. The summed E-state index contributed by atoms with van der Waals surface area (Å²) in [5.74, 6) is -1.33. The van der Waals surface area contributed by atoms with Crippen LogP contribution in [0.15, 0.2) is 48.5 Å². The van der Waals surface area contributed by atoms with Gasteiger partial charge in [0.2, 0.25) is 0 Å². The normalized spacial score (nSPS) is 10.2. The second-order valence-corrected chi connectivity index (χ2v) is 5.41. The number of likely N-dealkylation sites (N-methyl/N-ethyl adjacent to an activating group) is 1. The summed E-state index contributed by atoms with van der Waals surface area (Å²) in [5, 5.41) is 2.81. The molecule has 0 aromatic heterocycles. The number of nitrogens with one attached hydrogen (secondary N) is 1. The van der Waals surface area contributed by atoms with Gasteiger partial charge in [-0.3, -0.25) is 9.59 Å². The number of carbonyl (C=O) groups is 2. The summed E-state index contributed by atoms with van der Waals surface area (Å²) < 4.78 is 0. The second-order valence-electron chi connectivity index (χ2n) is 5.00. The molecule has 3 N–H and O–H groups in total. The van der Waals surface area contributed by atoms with Crippen LogP contribution in [-0.4, -0.2) is 23.3 Å². The number of anilines is 2. The quantitative estimate of drug-likeness (QED) is 0.668.